The molecule has 1 amide bonds. The van der Waals surface area contributed by atoms with E-state index in [0.29, 0.717) is 12.3 Å². The van der Waals surface area contributed by atoms with Crippen molar-refractivity contribution in [1.82, 2.24) is 19.7 Å². The van der Waals surface area contributed by atoms with Crippen LogP contribution in [0.4, 0.5) is 0 Å². The number of carbonyl (C=O) groups excluding carboxylic acids is 1. The maximum atomic E-state index is 12.2. The number of amides is 1. The van der Waals surface area contributed by atoms with Crippen molar-refractivity contribution >= 4 is 5.91 Å². The molecule has 7 nitrogen and oxygen atoms in total. The lowest BCUT2D eigenvalue weighted by Crippen LogP contribution is -2.40. The number of rotatable bonds is 5. The highest BCUT2D eigenvalue weighted by molar-refractivity contribution is 5.77. The largest absolute Gasteiger partial charge is 0.454 e. The number of aromatic nitrogens is 3. The first-order chi connectivity index (χ1) is 13.2. The van der Waals surface area contributed by atoms with Crippen molar-refractivity contribution in [2.24, 2.45) is 0 Å². The molecule has 2 aliphatic heterocycles. The van der Waals surface area contributed by atoms with Crippen LogP contribution < -0.4 is 9.47 Å². The first-order valence-electron chi connectivity index (χ1n) is 9.87. The molecule has 5 rings (SSSR count). The third-order valence-corrected chi connectivity index (χ3v) is 5.55. The fourth-order valence-corrected chi connectivity index (χ4v) is 3.94. The molecule has 1 aromatic carbocycles. The molecule has 3 heterocycles. The summed E-state index contributed by atoms with van der Waals surface area (Å²) in [6.45, 7) is 3.90. The normalized spacial score (nSPS) is 21.7. The van der Waals surface area contributed by atoms with Crippen LogP contribution in [-0.4, -0.2) is 45.5 Å². The van der Waals surface area contributed by atoms with Crippen LogP contribution in [0, 0.1) is 0 Å². The molecular formula is C20H24N4O3. The predicted octanol–water partition coefficient (Wildman–Crippen LogP) is 2.99. The summed E-state index contributed by atoms with van der Waals surface area (Å²) in [4.78, 5) is 19.1. The minimum absolute atomic E-state index is 0.208. The molecule has 0 N–H and O–H groups in total. The van der Waals surface area contributed by atoms with Crippen LogP contribution in [0.25, 0.3) is 5.69 Å². The van der Waals surface area contributed by atoms with E-state index >= 15 is 0 Å². The van der Waals surface area contributed by atoms with Crippen molar-refractivity contribution in [2.45, 2.75) is 50.9 Å². The summed E-state index contributed by atoms with van der Waals surface area (Å²) in [5, 5.41) is 4.84. The zero-order valence-electron chi connectivity index (χ0n) is 15.6. The molecule has 7 heteroatoms. The van der Waals surface area contributed by atoms with Crippen LogP contribution in [0.3, 0.4) is 0 Å². The van der Waals surface area contributed by atoms with Crippen LogP contribution in [0.15, 0.2) is 18.2 Å². The second kappa shape index (κ2) is 6.55. The van der Waals surface area contributed by atoms with E-state index in [1.807, 2.05) is 27.8 Å². The van der Waals surface area contributed by atoms with E-state index in [2.05, 4.69) is 6.92 Å². The number of fused-ring (bicyclic) bond motifs is 1. The summed E-state index contributed by atoms with van der Waals surface area (Å²) >= 11 is 0. The Kier molecular flexibility index (Phi) is 4.02. The van der Waals surface area contributed by atoms with Gasteiger partial charge in [0.05, 0.1) is 5.69 Å². The highest BCUT2D eigenvalue weighted by Gasteiger charge is 2.34. The second-order valence-electron chi connectivity index (χ2n) is 7.63. The van der Waals surface area contributed by atoms with Gasteiger partial charge in [0.2, 0.25) is 12.7 Å². The van der Waals surface area contributed by atoms with Gasteiger partial charge in [-0.2, -0.15) is 5.10 Å². The average molecular weight is 368 g/mol. The Hall–Kier alpha value is -2.57. The van der Waals surface area contributed by atoms with Crippen molar-refractivity contribution in [3.05, 3.63) is 29.8 Å². The first kappa shape index (κ1) is 16.6. The van der Waals surface area contributed by atoms with Crippen LogP contribution in [0.1, 0.15) is 62.5 Å². The Balaban J connectivity index is 1.51. The van der Waals surface area contributed by atoms with Gasteiger partial charge in [0.25, 0.3) is 0 Å². The highest BCUT2D eigenvalue weighted by Crippen LogP contribution is 2.40. The standard InChI is InChI=1S/C20H24N4O3/c1-2-9-23-11-14(5-8-18(23)25)20-21-19(13-3-4-13)22-24(20)15-6-7-16-17(10-15)27-12-26-16/h6-7,10,13-14H,2-5,8-9,11-12H2,1H3/t14-/m1/s1. The molecule has 0 radical (unpaired) electrons. The number of piperidine rings is 1. The monoisotopic (exact) mass is 368 g/mol. The summed E-state index contributed by atoms with van der Waals surface area (Å²) in [6.07, 6.45) is 4.70. The number of ether oxygens (including phenoxy) is 2. The highest BCUT2D eigenvalue weighted by atomic mass is 16.7. The van der Waals surface area contributed by atoms with E-state index in [4.69, 9.17) is 19.6 Å². The minimum Gasteiger partial charge on any atom is -0.454 e. The van der Waals surface area contributed by atoms with E-state index in [1.165, 1.54) is 0 Å². The van der Waals surface area contributed by atoms with Gasteiger partial charge in [-0.05, 0) is 37.8 Å². The van der Waals surface area contributed by atoms with Crippen molar-refractivity contribution in [3.8, 4) is 17.2 Å². The van der Waals surface area contributed by atoms with E-state index in [1.54, 1.807) is 0 Å². The van der Waals surface area contributed by atoms with E-state index in [-0.39, 0.29) is 18.6 Å². The minimum atomic E-state index is 0.208. The Morgan fingerprint density at radius 2 is 2.00 bits per heavy atom. The van der Waals surface area contributed by atoms with Gasteiger partial charge in [0.1, 0.15) is 5.82 Å². The molecular weight excluding hydrogens is 344 g/mol. The molecule has 2 aromatic rings. The molecule has 1 aromatic heterocycles. The number of nitrogens with zero attached hydrogens (tertiary/aromatic N) is 4. The Morgan fingerprint density at radius 3 is 2.81 bits per heavy atom. The molecule has 142 valence electrons. The topological polar surface area (TPSA) is 69.5 Å². The third kappa shape index (κ3) is 3.05. The SMILES string of the molecule is CCCN1C[C@H](c2nc(C3CC3)nn2-c2ccc3c(c2)OCO3)CCC1=O. The lowest BCUT2D eigenvalue weighted by Gasteiger charge is -2.32. The maximum Gasteiger partial charge on any atom is 0.231 e. The quantitative estimate of drug-likeness (QED) is 0.811. The fourth-order valence-electron chi connectivity index (χ4n) is 3.94. The third-order valence-electron chi connectivity index (χ3n) is 5.55. The predicted molar refractivity (Wildman–Crippen MR) is 98.3 cm³/mol. The van der Waals surface area contributed by atoms with Gasteiger partial charge in [-0.15, -0.1) is 0 Å². The number of likely N-dealkylation sites (tertiary alicyclic amines) is 1. The zero-order valence-corrected chi connectivity index (χ0v) is 15.6. The Bertz CT molecular complexity index is 874. The van der Waals surface area contributed by atoms with Crippen molar-refractivity contribution in [1.29, 1.82) is 0 Å². The van der Waals surface area contributed by atoms with Gasteiger partial charge < -0.3 is 14.4 Å². The van der Waals surface area contributed by atoms with Gasteiger partial charge in [-0.1, -0.05) is 6.92 Å². The molecule has 0 spiro atoms. The molecule has 27 heavy (non-hydrogen) atoms. The number of hydrogen-bond acceptors (Lipinski definition) is 5. The molecule has 1 saturated carbocycles. The summed E-state index contributed by atoms with van der Waals surface area (Å²) in [5.41, 5.74) is 0.938. The van der Waals surface area contributed by atoms with E-state index in [0.717, 1.165) is 67.6 Å². The summed E-state index contributed by atoms with van der Waals surface area (Å²) in [7, 11) is 0. The molecule has 1 saturated heterocycles. The van der Waals surface area contributed by atoms with Crippen molar-refractivity contribution in [3.63, 3.8) is 0 Å². The second-order valence-corrected chi connectivity index (χ2v) is 7.63. The number of benzene rings is 1. The molecule has 2 fully saturated rings. The van der Waals surface area contributed by atoms with Crippen molar-refractivity contribution in [2.75, 3.05) is 19.9 Å². The van der Waals surface area contributed by atoms with Crippen LogP contribution in [-0.2, 0) is 4.79 Å². The van der Waals surface area contributed by atoms with E-state index < -0.39 is 0 Å². The lowest BCUT2D eigenvalue weighted by atomic mass is 9.96. The van der Waals surface area contributed by atoms with Gasteiger partial charge in [-0.25, -0.2) is 9.67 Å². The fraction of sp³-hybridized carbons (Fsp3) is 0.550. The van der Waals surface area contributed by atoms with Gasteiger partial charge in [-0.3, -0.25) is 4.79 Å². The molecule has 1 atom stereocenters. The lowest BCUT2D eigenvalue weighted by molar-refractivity contribution is -0.133. The summed E-state index contributed by atoms with van der Waals surface area (Å²) in [6, 6.07) is 5.89. The number of hydrogen-bond donors (Lipinski definition) is 0. The van der Waals surface area contributed by atoms with Gasteiger partial charge in [0, 0.05) is 37.4 Å². The average Bonchev–Trinajstić information content (AvgIpc) is 3.26. The molecule has 0 bridgehead atoms. The number of carbonyl (C=O) groups is 1. The molecule has 1 aliphatic carbocycles. The van der Waals surface area contributed by atoms with Gasteiger partial charge in [0.15, 0.2) is 17.3 Å². The summed E-state index contributed by atoms with van der Waals surface area (Å²) in [5.74, 6) is 4.35. The van der Waals surface area contributed by atoms with Gasteiger partial charge >= 0.3 is 0 Å². The van der Waals surface area contributed by atoms with Crippen LogP contribution in [0.5, 0.6) is 11.5 Å². The molecule has 0 unspecified atom stereocenters. The van der Waals surface area contributed by atoms with Crippen LogP contribution in [0.2, 0.25) is 0 Å². The maximum absolute atomic E-state index is 12.2. The van der Waals surface area contributed by atoms with Crippen molar-refractivity contribution < 1.29 is 14.3 Å². The van der Waals surface area contributed by atoms with Crippen LogP contribution >= 0.6 is 0 Å². The Morgan fingerprint density at radius 1 is 1.15 bits per heavy atom. The smallest absolute Gasteiger partial charge is 0.231 e. The summed E-state index contributed by atoms with van der Waals surface area (Å²) < 4.78 is 12.9. The zero-order chi connectivity index (χ0) is 18.4. The first-order valence-corrected chi connectivity index (χ1v) is 9.87. The molecule has 3 aliphatic rings. The Labute approximate surface area is 158 Å². The van der Waals surface area contributed by atoms with E-state index in [9.17, 15) is 4.79 Å².